The zero-order valence-corrected chi connectivity index (χ0v) is 25.6. The van der Waals surface area contributed by atoms with Crippen LogP contribution in [0.15, 0.2) is 39.5 Å². The molecule has 0 aliphatic carbocycles. The van der Waals surface area contributed by atoms with E-state index in [4.69, 9.17) is 16.3 Å². The number of unbranched alkanes of at least 4 members (excludes halogenated alkanes) is 1. The second-order valence-corrected chi connectivity index (χ2v) is 12.3. The Morgan fingerprint density at radius 1 is 1.07 bits per heavy atom. The van der Waals surface area contributed by atoms with Crippen molar-refractivity contribution in [3.63, 3.8) is 0 Å². The Morgan fingerprint density at radius 2 is 1.76 bits per heavy atom. The molecule has 2 N–H and O–H groups in total. The number of azo groups is 1. The quantitative estimate of drug-likeness (QED) is 0.0933. The van der Waals surface area contributed by atoms with Crippen LogP contribution in [0.2, 0.25) is 0 Å². The fourth-order valence-electron chi connectivity index (χ4n) is 4.41. The lowest BCUT2D eigenvalue weighted by Gasteiger charge is -2.24. The van der Waals surface area contributed by atoms with Gasteiger partial charge in [-0.1, -0.05) is 68.2 Å². The standard InChI is InChI=1S/C30H40N10O2/c1-10-12-13-20(11-2)42-28(41)32-19-16-14-18(15-17-19)25-33-27-22(24(30(6,7)8)38-40(27)39-25)34-36-26-21(31-9)23(35-37-26)29(3,4)5/h14-17,20,38H,10-13H2,1-8H3,(H,32,41)(H,35,37)/p-1. The number of H-pyrrole nitrogens is 2. The van der Waals surface area contributed by atoms with Gasteiger partial charge in [0, 0.05) is 22.8 Å². The lowest BCUT2D eigenvalue weighted by atomic mass is 9.91. The molecule has 0 aliphatic heterocycles. The van der Waals surface area contributed by atoms with E-state index in [0.29, 0.717) is 34.2 Å². The van der Waals surface area contributed by atoms with Crippen molar-refractivity contribution in [1.82, 2.24) is 30.0 Å². The monoisotopic (exact) mass is 571 g/mol. The van der Waals surface area contributed by atoms with Gasteiger partial charge >= 0.3 is 0 Å². The maximum absolute atomic E-state index is 12.3. The summed E-state index contributed by atoms with van der Waals surface area (Å²) in [6, 6.07) is 7.08. The topological polar surface area (TPSA) is 148 Å². The van der Waals surface area contributed by atoms with E-state index in [1.807, 2.05) is 27.7 Å². The van der Waals surface area contributed by atoms with E-state index in [1.165, 1.54) is 0 Å². The number of aromatic nitrogens is 6. The molecule has 12 heteroatoms. The Morgan fingerprint density at radius 3 is 2.36 bits per heavy atom. The van der Waals surface area contributed by atoms with E-state index in [9.17, 15) is 5.11 Å². The number of aromatic amines is 2. The minimum Gasteiger partial charge on any atom is -0.597 e. The minimum absolute atomic E-state index is 0.121. The third-order valence-electron chi connectivity index (χ3n) is 6.80. The molecule has 0 spiro atoms. The number of benzene rings is 1. The molecule has 1 atom stereocenters. The second-order valence-electron chi connectivity index (χ2n) is 12.3. The molecule has 4 aromatic rings. The first kappa shape index (κ1) is 30.4. The van der Waals surface area contributed by atoms with Gasteiger partial charge in [0.05, 0.1) is 18.0 Å². The zero-order valence-electron chi connectivity index (χ0n) is 25.6. The molecule has 0 radical (unpaired) electrons. The fourth-order valence-corrected chi connectivity index (χ4v) is 4.41. The molecule has 1 aromatic carbocycles. The summed E-state index contributed by atoms with van der Waals surface area (Å²) in [6.07, 6.45) is 2.96. The number of ether oxygens (including phenoxy) is 1. The fraction of sp³-hybridized carbons (Fsp3) is 0.500. The van der Waals surface area contributed by atoms with Crippen LogP contribution in [-0.4, -0.2) is 42.2 Å². The van der Waals surface area contributed by atoms with Gasteiger partial charge in [-0.25, -0.2) is 14.8 Å². The van der Waals surface area contributed by atoms with Gasteiger partial charge in [-0.15, -0.1) is 15.3 Å². The van der Waals surface area contributed by atoms with Gasteiger partial charge in [0.25, 0.3) is 5.69 Å². The van der Waals surface area contributed by atoms with Crippen molar-refractivity contribution in [3.8, 4) is 11.4 Å². The molecule has 12 nitrogen and oxygen atoms in total. The number of hydrogen-bond donors (Lipinski definition) is 2. The first-order valence-electron chi connectivity index (χ1n) is 14.3. The van der Waals surface area contributed by atoms with Crippen LogP contribution in [0, 0.1) is 6.57 Å². The molecular weight excluding hydrogens is 532 g/mol. The highest BCUT2D eigenvalue weighted by Crippen LogP contribution is 2.39. The molecule has 0 bridgehead atoms. The summed E-state index contributed by atoms with van der Waals surface area (Å²) >= 11 is 0. The Kier molecular flexibility index (Phi) is 8.80. The molecule has 0 fully saturated rings. The van der Waals surface area contributed by atoms with E-state index < -0.39 is 6.08 Å². The summed E-state index contributed by atoms with van der Waals surface area (Å²) in [7, 11) is 0. The lowest BCUT2D eigenvalue weighted by molar-refractivity contribution is -0.255. The third kappa shape index (κ3) is 6.67. The summed E-state index contributed by atoms with van der Waals surface area (Å²) in [5.74, 6) is 0.692. The molecule has 222 valence electrons. The van der Waals surface area contributed by atoms with E-state index in [-0.39, 0.29) is 22.8 Å². The van der Waals surface area contributed by atoms with Crippen molar-refractivity contribution in [1.29, 1.82) is 0 Å². The molecule has 0 aliphatic rings. The van der Waals surface area contributed by atoms with Crippen molar-refractivity contribution in [2.75, 3.05) is 0 Å². The Labute approximate surface area is 246 Å². The van der Waals surface area contributed by atoms with Crippen LogP contribution >= 0.6 is 0 Å². The molecule has 0 saturated heterocycles. The van der Waals surface area contributed by atoms with Gasteiger partial charge in [0.1, 0.15) is 0 Å². The number of nitrogens with zero attached hydrogens (tertiary/aromatic N) is 8. The highest BCUT2D eigenvalue weighted by atomic mass is 16.6. The highest BCUT2D eigenvalue weighted by Gasteiger charge is 2.27. The zero-order chi connectivity index (χ0) is 30.7. The van der Waals surface area contributed by atoms with E-state index in [2.05, 4.69) is 68.2 Å². The molecule has 0 saturated carbocycles. The number of nitrogens with one attached hydrogen (secondary N) is 2. The number of rotatable bonds is 9. The van der Waals surface area contributed by atoms with Crippen LogP contribution in [0.5, 0.6) is 0 Å². The molecule has 3 aromatic heterocycles. The summed E-state index contributed by atoms with van der Waals surface area (Å²) in [6.45, 7) is 23.9. The minimum atomic E-state index is -0.586. The third-order valence-corrected chi connectivity index (χ3v) is 6.80. The number of fused-ring (bicyclic) bond motifs is 1. The van der Waals surface area contributed by atoms with Gasteiger partial charge in [-0.2, -0.15) is 9.73 Å². The molecule has 4 rings (SSSR count). The van der Waals surface area contributed by atoms with Crippen LogP contribution in [-0.2, 0) is 15.6 Å². The normalized spacial score (nSPS) is 13.6. The summed E-state index contributed by atoms with van der Waals surface area (Å²) in [5, 5.41) is 36.3. The van der Waals surface area contributed by atoms with Crippen LogP contribution in [0.4, 0.5) is 22.9 Å². The van der Waals surface area contributed by atoms with Crippen molar-refractivity contribution in [3.05, 3.63) is 47.1 Å². The van der Waals surface area contributed by atoms with Crippen LogP contribution in [0.3, 0.4) is 0 Å². The smallest absolute Gasteiger partial charge is 0.255 e. The SMILES string of the molecule is [C-]#[N+]c1c(N=Nc2c(C(C)(C)C)[nH]n3nc(-c4ccc(N=C([O-])OC(CC)CCCC)cc4)nc23)n[nH]c1C(C)(C)C. The molecule has 0 amide bonds. The number of hydrogen-bond acceptors (Lipinski definition) is 8. The average molecular weight is 572 g/mol. The maximum Gasteiger partial charge on any atom is 0.255 e. The van der Waals surface area contributed by atoms with Crippen molar-refractivity contribution in [2.24, 2.45) is 15.2 Å². The predicted octanol–water partition coefficient (Wildman–Crippen LogP) is 7.34. The predicted molar refractivity (Wildman–Crippen MR) is 161 cm³/mol. The van der Waals surface area contributed by atoms with Crippen molar-refractivity contribution >= 4 is 34.6 Å². The van der Waals surface area contributed by atoms with Crippen LogP contribution in [0.1, 0.15) is 92.5 Å². The first-order valence-corrected chi connectivity index (χ1v) is 14.3. The molecule has 1 unspecified atom stereocenters. The average Bonchev–Trinajstić information content (AvgIpc) is 3.62. The highest BCUT2D eigenvalue weighted by molar-refractivity contribution is 5.73. The van der Waals surface area contributed by atoms with Crippen molar-refractivity contribution in [2.45, 2.75) is 98.0 Å². The largest absolute Gasteiger partial charge is 0.597 e. The molecule has 3 heterocycles. The Bertz CT molecular complexity index is 1620. The van der Waals surface area contributed by atoms with E-state index in [1.54, 1.807) is 28.9 Å². The van der Waals surface area contributed by atoms with Gasteiger partial charge in [0.2, 0.25) is 11.5 Å². The second kappa shape index (κ2) is 12.1. The van der Waals surface area contributed by atoms with Gasteiger partial charge in [-0.3, -0.25) is 10.2 Å². The summed E-state index contributed by atoms with van der Waals surface area (Å²) < 4.78 is 7.08. The Balaban J connectivity index is 1.63. The van der Waals surface area contributed by atoms with Crippen LogP contribution in [0.25, 0.3) is 21.9 Å². The maximum atomic E-state index is 12.3. The summed E-state index contributed by atoms with van der Waals surface area (Å²) in [4.78, 5) is 12.5. The van der Waals surface area contributed by atoms with Gasteiger partial charge in [-0.05, 0) is 42.5 Å². The van der Waals surface area contributed by atoms with Crippen LogP contribution < -0.4 is 5.11 Å². The molecular formula is C30H39N10O2-. The van der Waals surface area contributed by atoms with E-state index >= 15 is 0 Å². The van der Waals surface area contributed by atoms with E-state index in [0.717, 1.165) is 36.9 Å². The van der Waals surface area contributed by atoms with Gasteiger partial charge in [0.15, 0.2) is 17.6 Å². The molecule has 42 heavy (non-hydrogen) atoms. The number of aliphatic imine (C=N–C) groups is 1. The Hall–Kier alpha value is -4.53. The van der Waals surface area contributed by atoms with Crippen molar-refractivity contribution < 1.29 is 9.84 Å². The lowest BCUT2D eigenvalue weighted by Crippen LogP contribution is -2.27. The first-order chi connectivity index (χ1) is 19.8. The summed E-state index contributed by atoms with van der Waals surface area (Å²) in [5.41, 5.74) is 3.47. The van der Waals surface area contributed by atoms with Gasteiger partial charge < -0.3 is 9.84 Å².